The molecule has 0 atom stereocenters. The predicted octanol–water partition coefficient (Wildman–Crippen LogP) is 5.13. The van der Waals surface area contributed by atoms with E-state index < -0.39 is 0 Å². The number of rotatable bonds is 4. The molecule has 1 heterocycles. The summed E-state index contributed by atoms with van der Waals surface area (Å²) in [6.07, 6.45) is 4.86. The molecule has 2 aromatic rings. The molecule has 1 aliphatic rings. The topological polar surface area (TPSA) is 35.0 Å². The van der Waals surface area contributed by atoms with Gasteiger partial charge in [-0.2, -0.15) is 0 Å². The molecule has 5 heteroatoms. The average Bonchev–Trinajstić information content (AvgIpc) is 3.03. The van der Waals surface area contributed by atoms with Gasteiger partial charge < -0.3 is 4.74 Å². The van der Waals surface area contributed by atoms with E-state index in [9.17, 15) is 0 Å². The molecule has 0 amide bonds. The molecule has 0 spiro atoms. The minimum atomic E-state index is 0.330. The molecule has 1 aliphatic carbocycles. The van der Waals surface area contributed by atoms with Crippen molar-refractivity contribution < 1.29 is 4.74 Å². The maximum atomic E-state index is 6.23. The fraction of sp³-hybridized carbons (Fsp3) is 0.375. The standard InChI is InChI=1S/C16H16BrClN2O/c17-14-15(11-6-4-5-7-11)19-13(20-16(14)18)10-21-12-8-2-1-3-9-12/h1-3,8-9,11H,4-7,10H2. The normalized spacial score (nSPS) is 15.3. The third-order valence-corrected chi connectivity index (χ3v) is 5.02. The number of hydrogen-bond acceptors (Lipinski definition) is 3. The number of nitrogens with zero attached hydrogens (tertiary/aromatic N) is 2. The van der Waals surface area contributed by atoms with Crippen molar-refractivity contribution >= 4 is 27.5 Å². The van der Waals surface area contributed by atoms with Crippen LogP contribution < -0.4 is 4.74 Å². The molecule has 1 aromatic heterocycles. The molecule has 0 saturated heterocycles. The third-order valence-electron chi connectivity index (χ3n) is 3.74. The molecule has 1 fully saturated rings. The summed E-state index contributed by atoms with van der Waals surface area (Å²) in [6.45, 7) is 0.330. The fourth-order valence-corrected chi connectivity index (χ4v) is 3.38. The van der Waals surface area contributed by atoms with Crippen molar-refractivity contribution in [3.63, 3.8) is 0 Å². The zero-order chi connectivity index (χ0) is 14.7. The lowest BCUT2D eigenvalue weighted by Gasteiger charge is -2.13. The minimum absolute atomic E-state index is 0.330. The van der Waals surface area contributed by atoms with Gasteiger partial charge in [0.15, 0.2) is 5.82 Å². The number of benzene rings is 1. The van der Waals surface area contributed by atoms with E-state index in [4.69, 9.17) is 16.3 Å². The molecule has 0 bridgehead atoms. The Balaban J connectivity index is 1.79. The first-order valence-electron chi connectivity index (χ1n) is 7.13. The minimum Gasteiger partial charge on any atom is -0.486 e. The summed E-state index contributed by atoms with van der Waals surface area (Å²) in [7, 11) is 0. The monoisotopic (exact) mass is 366 g/mol. The molecule has 0 aliphatic heterocycles. The van der Waals surface area contributed by atoms with Crippen LogP contribution in [-0.4, -0.2) is 9.97 Å². The van der Waals surface area contributed by atoms with Crippen LogP contribution in [0.5, 0.6) is 5.75 Å². The first-order valence-corrected chi connectivity index (χ1v) is 8.31. The Hall–Kier alpha value is -1.13. The molecule has 1 saturated carbocycles. The van der Waals surface area contributed by atoms with E-state index in [0.717, 1.165) is 15.9 Å². The highest BCUT2D eigenvalue weighted by molar-refractivity contribution is 9.10. The van der Waals surface area contributed by atoms with Crippen molar-refractivity contribution in [1.29, 1.82) is 0 Å². The zero-order valence-electron chi connectivity index (χ0n) is 11.6. The van der Waals surface area contributed by atoms with E-state index in [2.05, 4.69) is 25.9 Å². The van der Waals surface area contributed by atoms with Crippen LogP contribution in [0.4, 0.5) is 0 Å². The highest BCUT2D eigenvalue weighted by Gasteiger charge is 2.23. The lowest BCUT2D eigenvalue weighted by atomic mass is 10.0. The van der Waals surface area contributed by atoms with Crippen LogP contribution in [0, 0.1) is 0 Å². The summed E-state index contributed by atoms with van der Waals surface area (Å²) in [6, 6.07) is 9.66. The molecular weight excluding hydrogens is 352 g/mol. The first-order chi connectivity index (χ1) is 10.2. The third kappa shape index (κ3) is 3.55. The molecule has 0 N–H and O–H groups in total. The SMILES string of the molecule is Clc1nc(COc2ccccc2)nc(C2CCCC2)c1Br. The number of hydrogen-bond donors (Lipinski definition) is 0. The van der Waals surface area contributed by atoms with Crippen LogP contribution in [-0.2, 0) is 6.61 Å². The predicted molar refractivity (Wildman–Crippen MR) is 86.7 cm³/mol. The molecular formula is C16H16BrClN2O. The van der Waals surface area contributed by atoms with E-state index in [-0.39, 0.29) is 0 Å². The maximum Gasteiger partial charge on any atom is 0.168 e. The van der Waals surface area contributed by atoms with Crippen molar-refractivity contribution in [2.75, 3.05) is 0 Å². The summed E-state index contributed by atoms with van der Waals surface area (Å²) in [5.74, 6) is 1.92. The van der Waals surface area contributed by atoms with Gasteiger partial charge in [0.1, 0.15) is 17.5 Å². The van der Waals surface area contributed by atoms with Crippen LogP contribution in [0.2, 0.25) is 5.15 Å². The second-order valence-electron chi connectivity index (χ2n) is 5.21. The Morgan fingerprint density at radius 1 is 1.14 bits per heavy atom. The van der Waals surface area contributed by atoms with E-state index in [1.807, 2.05) is 30.3 Å². The molecule has 1 aromatic carbocycles. The van der Waals surface area contributed by atoms with Crippen molar-refractivity contribution in [3.05, 3.63) is 51.5 Å². The van der Waals surface area contributed by atoms with Crippen LogP contribution in [0.25, 0.3) is 0 Å². The van der Waals surface area contributed by atoms with Crippen molar-refractivity contribution in [1.82, 2.24) is 9.97 Å². The van der Waals surface area contributed by atoms with Crippen LogP contribution in [0.1, 0.15) is 43.1 Å². The van der Waals surface area contributed by atoms with Gasteiger partial charge >= 0.3 is 0 Å². The summed E-state index contributed by atoms with van der Waals surface area (Å²) in [5.41, 5.74) is 1.03. The van der Waals surface area contributed by atoms with Crippen molar-refractivity contribution in [2.24, 2.45) is 0 Å². The van der Waals surface area contributed by atoms with E-state index >= 15 is 0 Å². The highest BCUT2D eigenvalue weighted by atomic mass is 79.9. The molecule has 0 unspecified atom stereocenters. The Bertz CT molecular complexity index is 615. The Kier molecular flexibility index (Phi) is 4.76. The van der Waals surface area contributed by atoms with Gasteiger partial charge in [0.2, 0.25) is 0 Å². The van der Waals surface area contributed by atoms with Gasteiger partial charge in [0, 0.05) is 5.92 Å². The van der Waals surface area contributed by atoms with E-state index in [1.165, 1.54) is 25.7 Å². The number of para-hydroxylation sites is 1. The molecule has 110 valence electrons. The van der Waals surface area contributed by atoms with Gasteiger partial charge in [-0.3, -0.25) is 0 Å². The van der Waals surface area contributed by atoms with Gasteiger partial charge in [-0.15, -0.1) is 0 Å². The Labute approximate surface area is 137 Å². The second kappa shape index (κ2) is 6.75. The molecule has 3 nitrogen and oxygen atoms in total. The van der Waals surface area contributed by atoms with Crippen molar-refractivity contribution in [2.45, 2.75) is 38.2 Å². The molecule has 0 radical (unpaired) electrons. The highest BCUT2D eigenvalue weighted by Crippen LogP contribution is 2.38. The lowest BCUT2D eigenvalue weighted by Crippen LogP contribution is -2.08. The Morgan fingerprint density at radius 3 is 2.57 bits per heavy atom. The second-order valence-corrected chi connectivity index (χ2v) is 6.36. The molecule has 3 rings (SSSR count). The van der Waals surface area contributed by atoms with Crippen molar-refractivity contribution in [3.8, 4) is 5.75 Å². The summed E-state index contributed by atoms with van der Waals surface area (Å²) < 4.78 is 6.54. The van der Waals surface area contributed by atoms with E-state index in [1.54, 1.807) is 0 Å². The van der Waals surface area contributed by atoms with Gasteiger partial charge in [-0.1, -0.05) is 42.6 Å². The van der Waals surface area contributed by atoms with Gasteiger partial charge in [-0.25, -0.2) is 9.97 Å². The number of aromatic nitrogens is 2. The van der Waals surface area contributed by atoms with Crippen LogP contribution in [0.3, 0.4) is 0 Å². The van der Waals surface area contributed by atoms with Gasteiger partial charge in [-0.05, 0) is 40.9 Å². The van der Waals surface area contributed by atoms with E-state index in [0.29, 0.717) is 23.5 Å². The summed E-state index contributed by atoms with van der Waals surface area (Å²) in [4.78, 5) is 8.97. The van der Waals surface area contributed by atoms with Crippen LogP contribution >= 0.6 is 27.5 Å². The molecule has 21 heavy (non-hydrogen) atoms. The summed E-state index contributed by atoms with van der Waals surface area (Å²) in [5, 5.41) is 0.471. The zero-order valence-corrected chi connectivity index (χ0v) is 13.9. The average molecular weight is 368 g/mol. The number of halogens is 2. The lowest BCUT2D eigenvalue weighted by molar-refractivity contribution is 0.295. The summed E-state index contributed by atoms with van der Waals surface area (Å²) >= 11 is 9.75. The maximum absolute atomic E-state index is 6.23. The van der Waals surface area contributed by atoms with Gasteiger partial charge in [0.05, 0.1) is 10.2 Å². The quantitative estimate of drug-likeness (QED) is 0.703. The van der Waals surface area contributed by atoms with Gasteiger partial charge in [0.25, 0.3) is 0 Å². The fourth-order valence-electron chi connectivity index (χ4n) is 2.68. The largest absolute Gasteiger partial charge is 0.486 e. The first kappa shape index (κ1) is 14.8. The number of ether oxygens (including phenoxy) is 1. The Morgan fingerprint density at radius 2 is 1.86 bits per heavy atom. The smallest absolute Gasteiger partial charge is 0.168 e. The van der Waals surface area contributed by atoms with Crippen LogP contribution in [0.15, 0.2) is 34.8 Å².